The molecule has 1 atom stereocenters. The van der Waals surface area contributed by atoms with Gasteiger partial charge in [0.1, 0.15) is 25.1 Å². The fourth-order valence-corrected chi connectivity index (χ4v) is 2.23. The summed E-state index contributed by atoms with van der Waals surface area (Å²) in [6, 6.07) is 5.66. The molecule has 0 aliphatic carbocycles. The van der Waals surface area contributed by atoms with Crippen LogP contribution in [0.25, 0.3) is 0 Å². The quantitative estimate of drug-likeness (QED) is 0.743. The van der Waals surface area contributed by atoms with Gasteiger partial charge in [-0.15, -0.1) is 0 Å². The second-order valence-electron chi connectivity index (χ2n) is 4.06. The number of hydrogen-bond acceptors (Lipinski definition) is 5. The largest absolute Gasteiger partial charge is 0.498 e. The highest BCUT2D eigenvalue weighted by atomic mass is 16.6. The van der Waals surface area contributed by atoms with Gasteiger partial charge in [0, 0.05) is 5.46 Å². The summed E-state index contributed by atoms with van der Waals surface area (Å²) >= 11 is 0. The minimum atomic E-state index is -0.816. The van der Waals surface area contributed by atoms with Crippen molar-refractivity contribution in [2.75, 3.05) is 19.8 Å². The van der Waals surface area contributed by atoms with E-state index in [0.717, 1.165) is 16.8 Å². The maximum absolute atomic E-state index is 10.6. The number of carbonyl (C=O) groups excluding carboxylic acids is 1. The van der Waals surface area contributed by atoms with Gasteiger partial charge in [-0.2, -0.15) is 0 Å². The van der Waals surface area contributed by atoms with Gasteiger partial charge in [0.15, 0.2) is 0 Å². The molecule has 0 radical (unpaired) electrons. The molecule has 94 valence electrons. The van der Waals surface area contributed by atoms with Crippen molar-refractivity contribution in [1.82, 2.24) is 0 Å². The molecule has 0 saturated carbocycles. The zero-order valence-electron chi connectivity index (χ0n) is 9.63. The van der Waals surface area contributed by atoms with E-state index in [4.69, 9.17) is 24.5 Å². The van der Waals surface area contributed by atoms with Crippen LogP contribution in [0, 0.1) is 0 Å². The summed E-state index contributed by atoms with van der Waals surface area (Å²) in [5, 5.41) is 0. The van der Waals surface area contributed by atoms with E-state index < -0.39 is 13.2 Å². The third-order valence-corrected chi connectivity index (χ3v) is 2.96. The summed E-state index contributed by atoms with van der Waals surface area (Å²) in [7, 11) is -0.458. The Bertz CT molecular complexity index is 481. The molecule has 6 nitrogen and oxygen atoms in total. The van der Waals surface area contributed by atoms with E-state index in [1.165, 1.54) is 0 Å². The molecule has 7 heteroatoms. The van der Waals surface area contributed by atoms with Crippen molar-refractivity contribution in [3.63, 3.8) is 0 Å². The first-order chi connectivity index (χ1) is 8.75. The predicted octanol–water partition coefficient (Wildman–Crippen LogP) is -0.0426. The van der Waals surface area contributed by atoms with Crippen LogP contribution in [0.5, 0.6) is 5.75 Å². The SMILES string of the molecule is NC(=O)OC[C@H]1OB2OCCOc3cccc1c32. The number of ether oxygens (including phenoxy) is 2. The number of carbonyl (C=O) groups is 1. The Morgan fingerprint density at radius 3 is 3.22 bits per heavy atom. The average molecular weight is 249 g/mol. The Balaban J connectivity index is 1.90. The number of primary amides is 1. The molecule has 18 heavy (non-hydrogen) atoms. The summed E-state index contributed by atoms with van der Waals surface area (Å²) in [5.41, 5.74) is 6.75. The molecule has 2 aliphatic heterocycles. The van der Waals surface area contributed by atoms with E-state index in [1.54, 1.807) is 0 Å². The van der Waals surface area contributed by atoms with E-state index in [1.807, 2.05) is 18.2 Å². The molecule has 3 rings (SSSR count). The van der Waals surface area contributed by atoms with Gasteiger partial charge in [0.05, 0.1) is 6.61 Å². The summed E-state index contributed by atoms with van der Waals surface area (Å²) in [6.45, 7) is 1.03. The van der Waals surface area contributed by atoms with Crippen LogP contribution in [-0.2, 0) is 14.0 Å². The van der Waals surface area contributed by atoms with Crippen LogP contribution >= 0.6 is 0 Å². The second kappa shape index (κ2) is 4.51. The molecule has 0 saturated heterocycles. The predicted molar refractivity (Wildman–Crippen MR) is 62.6 cm³/mol. The van der Waals surface area contributed by atoms with Crippen LogP contribution in [0.4, 0.5) is 4.79 Å². The standard InChI is InChI=1S/C11H12BNO5/c13-11(14)16-6-9-7-2-1-3-8-10(7)12(18-9)17-5-4-15-8/h1-3,9H,4-6H2,(H2,13,14)/t9-/m1/s1. The fourth-order valence-electron chi connectivity index (χ4n) is 2.23. The number of amides is 1. The van der Waals surface area contributed by atoms with Crippen molar-refractivity contribution in [2.45, 2.75) is 6.10 Å². The lowest BCUT2D eigenvalue weighted by Gasteiger charge is -2.13. The summed E-state index contributed by atoms with van der Waals surface area (Å²) < 4.78 is 21.6. The van der Waals surface area contributed by atoms with Crippen molar-refractivity contribution in [1.29, 1.82) is 0 Å². The Kier molecular flexibility index (Phi) is 2.85. The maximum Gasteiger partial charge on any atom is 0.498 e. The topological polar surface area (TPSA) is 80.0 Å². The molecule has 2 heterocycles. The summed E-state index contributed by atoms with van der Waals surface area (Å²) in [5.74, 6) is 0.761. The molecule has 0 spiro atoms. The van der Waals surface area contributed by atoms with Crippen LogP contribution in [0.15, 0.2) is 18.2 Å². The van der Waals surface area contributed by atoms with Crippen LogP contribution in [0.2, 0.25) is 0 Å². The first-order valence-electron chi connectivity index (χ1n) is 5.70. The Hall–Kier alpha value is -1.73. The minimum absolute atomic E-state index is 0.0750. The zero-order chi connectivity index (χ0) is 12.5. The molecule has 1 aromatic carbocycles. The number of benzene rings is 1. The van der Waals surface area contributed by atoms with Gasteiger partial charge in [0.25, 0.3) is 0 Å². The van der Waals surface area contributed by atoms with E-state index in [2.05, 4.69) is 0 Å². The van der Waals surface area contributed by atoms with Crippen LogP contribution in [-0.4, -0.2) is 33.0 Å². The van der Waals surface area contributed by atoms with Gasteiger partial charge >= 0.3 is 13.2 Å². The average Bonchev–Trinajstić information content (AvgIpc) is 2.57. The molecule has 0 bridgehead atoms. The highest BCUT2D eigenvalue weighted by molar-refractivity contribution is 6.64. The number of nitrogens with two attached hydrogens (primary N) is 1. The molecule has 1 amide bonds. The Labute approximate surface area is 104 Å². The van der Waals surface area contributed by atoms with Gasteiger partial charge in [-0.25, -0.2) is 4.79 Å². The lowest BCUT2D eigenvalue weighted by Crippen LogP contribution is -2.31. The van der Waals surface area contributed by atoms with Crippen molar-refractivity contribution >= 4 is 18.7 Å². The monoisotopic (exact) mass is 249 g/mol. The normalized spacial score (nSPS) is 20.9. The van der Waals surface area contributed by atoms with Crippen molar-refractivity contribution in [2.24, 2.45) is 5.73 Å². The third-order valence-electron chi connectivity index (χ3n) is 2.96. The van der Waals surface area contributed by atoms with E-state index in [-0.39, 0.29) is 12.7 Å². The maximum atomic E-state index is 10.6. The van der Waals surface area contributed by atoms with Crippen LogP contribution in [0.1, 0.15) is 11.7 Å². The summed E-state index contributed by atoms with van der Waals surface area (Å²) in [6.07, 6.45) is -1.18. The first-order valence-corrected chi connectivity index (χ1v) is 5.70. The van der Waals surface area contributed by atoms with Crippen molar-refractivity contribution in [3.05, 3.63) is 23.8 Å². The Morgan fingerprint density at radius 2 is 2.39 bits per heavy atom. The van der Waals surface area contributed by atoms with Crippen LogP contribution in [0.3, 0.4) is 0 Å². The van der Waals surface area contributed by atoms with Crippen molar-refractivity contribution in [3.8, 4) is 5.75 Å². The van der Waals surface area contributed by atoms with Gasteiger partial charge in [-0.1, -0.05) is 12.1 Å². The lowest BCUT2D eigenvalue weighted by atomic mass is 9.78. The number of rotatable bonds is 2. The second-order valence-corrected chi connectivity index (χ2v) is 4.06. The first kappa shape index (κ1) is 11.4. The van der Waals surface area contributed by atoms with E-state index in [9.17, 15) is 4.79 Å². The molecule has 2 aliphatic rings. The molecular formula is C11H12BNO5. The minimum Gasteiger partial charge on any atom is -0.492 e. The van der Waals surface area contributed by atoms with E-state index >= 15 is 0 Å². The smallest absolute Gasteiger partial charge is 0.492 e. The molecular weight excluding hydrogens is 237 g/mol. The van der Waals surface area contributed by atoms with Crippen LogP contribution < -0.4 is 15.9 Å². The third kappa shape index (κ3) is 1.91. The molecule has 0 aromatic heterocycles. The molecule has 0 unspecified atom stereocenters. The number of hydrogen-bond donors (Lipinski definition) is 1. The zero-order valence-corrected chi connectivity index (χ0v) is 9.63. The van der Waals surface area contributed by atoms with Gasteiger partial charge < -0.3 is 24.5 Å². The molecule has 2 N–H and O–H groups in total. The highest BCUT2D eigenvalue weighted by Crippen LogP contribution is 2.30. The lowest BCUT2D eigenvalue weighted by molar-refractivity contribution is 0.0743. The molecule has 0 fully saturated rings. The van der Waals surface area contributed by atoms with E-state index in [0.29, 0.717) is 13.2 Å². The van der Waals surface area contributed by atoms with Gasteiger partial charge in [0.2, 0.25) is 0 Å². The summed E-state index contributed by atoms with van der Waals surface area (Å²) in [4.78, 5) is 10.6. The molecule has 1 aromatic rings. The van der Waals surface area contributed by atoms with Crippen molar-refractivity contribution < 1.29 is 23.6 Å². The van der Waals surface area contributed by atoms with Gasteiger partial charge in [-0.3, -0.25) is 0 Å². The fraction of sp³-hybridized carbons (Fsp3) is 0.364. The Morgan fingerprint density at radius 1 is 1.50 bits per heavy atom. The van der Waals surface area contributed by atoms with Gasteiger partial charge in [-0.05, 0) is 11.6 Å². The highest BCUT2D eigenvalue weighted by Gasteiger charge is 2.41.